The van der Waals surface area contributed by atoms with Gasteiger partial charge < -0.3 is 15.7 Å². The van der Waals surface area contributed by atoms with Gasteiger partial charge >= 0.3 is 0 Å². The van der Waals surface area contributed by atoms with E-state index in [9.17, 15) is 0 Å². The molecule has 0 aromatic carbocycles. The first kappa shape index (κ1) is 10.7. The van der Waals surface area contributed by atoms with Crippen LogP contribution < -0.4 is 5.73 Å². The van der Waals surface area contributed by atoms with E-state index in [0.29, 0.717) is 24.5 Å². The predicted molar refractivity (Wildman–Crippen MR) is 57.0 cm³/mol. The van der Waals surface area contributed by atoms with E-state index >= 15 is 0 Å². The van der Waals surface area contributed by atoms with Crippen molar-refractivity contribution in [2.75, 3.05) is 19.6 Å². The lowest BCUT2D eigenvalue weighted by Crippen LogP contribution is -2.43. The van der Waals surface area contributed by atoms with Crippen LogP contribution in [0.2, 0.25) is 0 Å². The Balaban J connectivity index is 1.67. The molecule has 2 fully saturated rings. The van der Waals surface area contributed by atoms with E-state index in [4.69, 9.17) is 15.7 Å². The quantitative estimate of drug-likeness (QED) is 0.306. The van der Waals surface area contributed by atoms with Crippen LogP contribution in [0.3, 0.4) is 0 Å². The van der Waals surface area contributed by atoms with Crippen molar-refractivity contribution < 1.29 is 9.94 Å². The van der Waals surface area contributed by atoms with Crippen LogP contribution in [-0.2, 0) is 4.74 Å². The van der Waals surface area contributed by atoms with Gasteiger partial charge in [-0.25, -0.2) is 0 Å². The molecule has 5 nitrogen and oxygen atoms in total. The van der Waals surface area contributed by atoms with Crippen molar-refractivity contribution in [2.45, 2.75) is 37.9 Å². The van der Waals surface area contributed by atoms with E-state index in [1.54, 1.807) is 0 Å². The maximum Gasteiger partial charge on any atom is 0.139 e. The number of morpholine rings is 1. The summed E-state index contributed by atoms with van der Waals surface area (Å²) in [6.07, 6.45) is 4.95. The molecule has 5 heteroatoms. The normalized spacial score (nSPS) is 32.1. The third-order valence-corrected chi connectivity index (χ3v) is 3.15. The fourth-order valence-electron chi connectivity index (χ4n) is 2.42. The third-order valence-electron chi connectivity index (χ3n) is 3.15. The van der Waals surface area contributed by atoms with Crippen LogP contribution in [0, 0.1) is 0 Å². The second kappa shape index (κ2) is 4.81. The minimum Gasteiger partial charge on any atom is -0.409 e. The summed E-state index contributed by atoms with van der Waals surface area (Å²) in [6, 6.07) is 0. The molecule has 2 saturated heterocycles. The summed E-state index contributed by atoms with van der Waals surface area (Å²) in [5.74, 6) is 0.325. The Morgan fingerprint density at radius 2 is 2.07 bits per heavy atom. The molecule has 2 rings (SSSR count). The lowest BCUT2D eigenvalue weighted by molar-refractivity contribution is -0.0382. The highest BCUT2D eigenvalue weighted by Gasteiger charge is 2.33. The van der Waals surface area contributed by atoms with E-state index in [2.05, 4.69) is 10.1 Å². The number of rotatable bonds is 4. The number of nitrogens with zero attached hydrogens (tertiary/aromatic N) is 2. The van der Waals surface area contributed by atoms with Gasteiger partial charge in [0, 0.05) is 19.5 Å². The molecule has 15 heavy (non-hydrogen) atoms. The van der Waals surface area contributed by atoms with Crippen molar-refractivity contribution >= 4 is 5.84 Å². The van der Waals surface area contributed by atoms with Crippen LogP contribution in [0.1, 0.15) is 25.7 Å². The van der Waals surface area contributed by atoms with Crippen LogP contribution in [0.4, 0.5) is 0 Å². The smallest absolute Gasteiger partial charge is 0.139 e. The molecule has 2 aliphatic heterocycles. The molecular formula is C10H19N3O2. The van der Waals surface area contributed by atoms with Gasteiger partial charge in [0.15, 0.2) is 0 Å². The number of amidine groups is 1. The molecule has 0 radical (unpaired) electrons. The first-order valence-corrected chi connectivity index (χ1v) is 5.62. The monoisotopic (exact) mass is 213 g/mol. The van der Waals surface area contributed by atoms with Crippen molar-refractivity contribution in [3.05, 3.63) is 0 Å². The molecular weight excluding hydrogens is 194 g/mol. The summed E-state index contributed by atoms with van der Waals surface area (Å²) in [5.41, 5.74) is 5.41. The maximum atomic E-state index is 8.40. The number of ether oxygens (including phenoxy) is 1. The molecule has 2 aliphatic rings. The minimum absolute atomic E-state index is 0.325. The zero-order valence-corrected chi connectivity index (χ0v) is 8.93. The minimum atomic E-state index is 0.325. The molecule has 0 aliphatic carbocycles. The average Bonchev–Trinajstić information content (AvgIpc) is 2.58. The number of nitrogens with two attached hydrogens (primary N) is 1. The van der Waals surface area contributed by atoms with Crippen molar-refractivity contribution in [1.82, 2.24) is 4.90 Å². The summed E-state index contributed by atoms with van der Waals surface area (Å²) in [6.45, 7) is 3.12. The number of likely N-dealkylation sites (tertiary alicyclic amines) is 1. The summed E-state index contributed by atoms with van der Waals surface area (Å²) >= 11 is 0. The average molecular weight is 213 g/mol. The molecule has 2 unspecified atom stereocenters. The van der Waals surface area contributed by atoms with E-state index in [1.165, 1.54) is 12.8 Å². The van der Waals surface area contributed by atoms with E-state index < -0.39 is 0 Å². The highest BCUT2D eigenvalue weighted by Crippen LogP contribution is 2.26. The highest BCUT2D eigenvalue weighted by atomic mass is 16.5. The molecule has 0 aromatic rings. The van der Waals surface area contributed by atoms with Crippen molar-refractivity contribution in [1.29, 1.82) is 0 Å². The van der Waals surface area contributed by atoms with Gasteiger partial charge in [-0.15, -0.1) is 0 Å². The molecule has 86 valence electrons. The molecule has 2 bridgehead atoms. The van der Waals surface area contributed by atoms with Gasteiger partial charge in [0.1, 0.15) is 5.84 Å². The molecule has 2 heterocycles. The zero-order chi connectivity index (χ0) is 10.7. The molecule has 0 saturated carbocycles. The lowest BCUT2D eigenvalue weighted by atomic mass is 10.2. The third kappa shape index (κ3) is 2.82. The van der Waals surface area contributed by atoms with Crippen LogP contribution in [0.5, 0.6) is 0 Å². The number of hydrogen-bond donors (Lipinski definition) is 2. The van der Waals surface area contributed by atoms with Gasteiger partial charge in [-0.1, -0.05) is 5.16 Å². The number of oxime groups is 1. The van der Waals surface area contributed by atoms with Gasteiger partial charge in [0.05, 0.1) is 12.2 Å². The second-order valence-corrected chi connectivity index (χ2v) is 4.41. The molecule has 2 atom stereocenters. The summed E-state index contributed by atoms with van der Waals surface area (Å²) in [4.78, 5) is 2.43. The van der Waals surface area contributed by atoms with Gasteiger partial charge in [-0.2, -0.15) is 0 Å². The number of fused-ring (bicyclic) bond motifs is 2. The first-order chi connectivity index (χ1) is 7.28. The fourth-order valence-corrected chi connectivity index (χ4v) is 2.42. The molecule has 0 amide bonds. The van der Waals surface area contributed by atoms with Gasteiger partial charge in [0.25, 0.3) is 0 Å². The van der Waals surface area contributed by atoms with E-state index in [0.717, 1.165) is 26.1 Å². The van der Waals surface area contributed by atoms with Gasteiger partial charge in [0.2, 0.25) is 0 Å². The lowest BCUT2D eigenvalue weighted by Gasteiger charge is -2.31. The zero-order valence-electron chi connectivity index (χ0n) is 8.93. The Labute approximate surface area is 89.9 Å². The van der Waals surface area contributed by atoms with E-state index in [-0.39, 0.29) is 0 Å². The Morgan fingerprint density at radius 1 is 1.40 bits per heavy atom. The Kier molecular flexibility index (Phi) is 3.43. The van der Waals surface area contributed by atoms with Crippen LogP contribution in [0.25, 0.3) is 0 Å². The maximum absolute atomic E-state index is 8.40. The Bertz CT molecular complexity index is 233. The predicted octanol–water partition coefficient (Wildman–Crippen LogP) is 0.376. The van der Waals surface area contributed by atoms with Crippen LogP contribution >= 0.6 is 0 Å². The highest BCUT2D eigenvalue weighted by molar-refractivity contribution is 5.79. The van der Waals surface area contributed by atoms with Crippen molar-refractivity contribution in [3.63, 3.8) is 0 Å². The standard InChI is InChI=1S/C10H19N3O2/c11-10(12-14)2-1-5-13-6-8-3-4-9(7-13)15-8/h8-9,14H,1-7H2,(H2,11,12). The van der Waals surface area contributed by atoms with Crippen molar-refractivity contribution in [2.24, 2.45) is 10.9 Å². The molecule has 0 spiro atoms. The Hall–Kier alpha value is -0.810. The second-order valence-electron chi connectivity index (χ2n) is 4.41. The van der Waals surface area contributed by atoms with Crippen LogP contribution in [-0.4, -0.2) is 47.8 Å². The fraction of sp³-hybridized carbons (Fsp3) is 0.900. The molecule has 0 aromatic heterocycles. The summed E-state index contributed by atoms with van der Waals surface area (Å²) < 4.78 is 5.75. The number of hydrogen-bond acceptors (Lipinski definition) is 4. The summed E-state index contributed by atoms with van der Waals surface area (Å²) in [5, 5.41) is 11.4. The SMILES string of the molecule is NC(CCCN1CC2CCC(C1)O2)=NO. The van der Waals surface area contributed by atoms with Gasteiger partial charge in [-0.05, 0) is 25.8 Å². The largest absolute Gasteiger partial charge is 0.409 e. The topological polar surface area (TPSA) is 71.1 Å². The Morgan fingerprint density at radius 3 is 2.67 bits per heavy atom. The van der Waals surface area contributed by atoms with Crippen LogP contribution in [0.15, 0.2) is 5.16 Å². The summed E-state index contributed by atoms with van der Waals surface area (Å²) in [7, 11) is 0. The molecule has 3 N–H and O–H groups in total. The van der Waals surface area contributed by atoms with E-state index in [1.807, 2.05) is 0 Å². The van der Waals surface area contributed by atoms with Gasteiger partial charge in [-0.3, -0.25) is 4.90 Å². The first-order valence-electron chi connectivity index (χ1n) is 5.62. The van der Waals surface area contributed by atoms with Crippen molar-refractivity contribution in [3.8, 4) is 0 Å².